The van der Waals surface area contributed by atoms with Gasteiger partial charge < -0.3 is 20.4 Å². The SMILES string of the molecule is CC1=C(C(=O)Nc2ccc3[nH]nc(-c4ccnc(N5CCN[C@@H](C)C5)c4)c3c2)[C@H](C)n2nnnc2N1C. The highest BCUT2D eigenvalue weighted by molar-refractivity contribution is 6.07. The molecule has 0 spiro atoms. The van der Waals surface area contributed by atoms with Crippen molar-refractivity contribution in [1.82, 2.24) is 40.7 Å². The van der Waals surface area contributed by atoms with Crippen molar-refractivity contribution in [1.29, 1.82) is 0 Å². The summed E-state index contributed by atoms with van der Waals surface area (Å²) < 4.78 is 1.65. The quantitative estimate of drug-likeness (QED) is 0.387. The van der Waals surface area contributed by atoms with Gasteiger partial charge in [-0.05, 0) is 61.5 Å². The van der Waals surface area contributed by atoms with Crippen molar-refractivity contribution in [3.63, 3.8) is 0 Å². The van der Waals surface area contributed by atoms with E-state index in [4.69, 9.17) is 0 Å². The first-order valence-corrected chi connectivity index (χ1v) is 12.4. The number of allylic oxidation sites excluding steroid dienone is 1. The van der Waals surface area contributed by atoms with Gasteiger partial charge in [-0.2, -0.15) is 5.10 Å². The number of tetrazole rings is 1. The number of H-pyrrole nitrogens is 1. The van der Waals surface area contributed by atoms with Crippen molar-refractivity contribution in [2.75, 3.05) is 41.8 Å². The zero-order valence-electron chi connectivity index (χ0n) is 21.2. The summed E-state index contributed by atoms with van der Waals surface area (Å²) in [6, 6.07) is 9.92. The molecule has 0 aliphatic carbocycles. The minimum absolute atomic E-state index is 0.193. The third kappa shape index (κ3) is 3.99. The Labute approximate surface area is 213 Å². The molecule has 0 bridgehead atoms. The lowest BCUT2D eigenvalue weighted by molar-refractivity contribution is -0.113. The van der Waals surface area contributed by atoms with E-state index in [1.807, 2.05) is 56.3 Å². The average Bonchev–Trinajstić information content (AvgIpc) is 3.55. The second kappa shape index (κ2) is 8.96. The molecule has 5 heterocycles. The van der Waals surface area contributed by atoms with Gasteiger partial charge in [-0.3, -0.25) is 9.89 Å². The number of nitrogens with one attached hydrogen (secondary N) is 3. The van der Waals surface area contributed by atoms with E-state index in [2.05, 4.69) is 59.2 Å². The van der Waals surface area contributed by atoms with Crippen molar-refractivity contribution in [2.45, 2.75) is 32.9 Å². The van der Waals surface area contributed by atoms with E-state index in [0.29, 0.717) is 23.3 Å². The second-order valence-corrected chi connectivity index (χ2v) is 9.65. The van der Waals surface area contributed by atoms with Crippen molar-refractivity contribution < 1.29 is 4.79 Å². The van der Waals surface area contributed by atoms with Crippen molar-refractivity contribution in [3.05, 3.63) is 47.8 Å². The minimum atomic E-state index is -0.294. The highest BCUT2D eigenvalue weighted by atomic mass is 16.1. The third-order valence-corrected chi connectivity index (χ3v) is 7.23. The molecule has 4 aromatic rings. The third-order valence-electron chi connectivity index (χ3n) is 7.23. The summed E-state index contributed by atoms with van der Waals surface area (Å²) in [6.45, 7) is 8.75. The number of nitrogens with zero attached hydrogens (tertiary/aromatic N) is 8. The Morgan fingerprint density at radius 3 is 2.89 bits per heavy atom. The van der Waals surface area contributed by atoms with E-state index < -0.39 is 0 Å². The maximum absolute atomic E-state index is 13.4. The fourth-order valence-electron chi connectivity index (χ4n) is 5.16. The molecule has 190 valence electrons. The standard InChI is InChI=1S/C25H29N11O/c1-14-13-35(10-9-26-14)21-11-17(7-8-27-21)23-19-12-18(5-6-20(19)29-30-23)28-24(37)22-15(2)34(4)25-31-32-33-36(25)16(22)3/h5-8,11-12,14,16,26H,9-10,13H2,1-4H3,(H,28,37)(H,29,30)/t14-,16-/m0/s1. The van der Waals surface area contributed by atoms with Gasteiger partial charge in [0.2, 0.25) is 5.95 Å². The van der Waals surface area contributed by atoms with Crippen molar-refractivity contribution in [2.24, 2.45) is 0 Å². The molecule has 12 nitrogen and oxygen atoms in total. The molecule has 2 aliphatic heterocycles. The van der Waals surface area contributed by atoms with Crippen LogP contribution >= 0.6 is 0 Å². The first-order valence-electron chi connectivity index (χ1n) is 12.4. The molecule has 12 heteroatoms. The molecule has 6 rings (SSSR count). The summed E-state index contributed by atoms with van der Waals surface area (Å²) in [5.74, 6) is 1.35. The number of fused-ring (bicyclic) bond motifs is 2. The molecule has 0 saturated carbocycles. The molecule has 0 unspecified atom stereocenters. The molecule has 1 amide bonds. The number of benzene rings is 1. The molecule has 37 heavy (non-hydrogen) atoms. The number of carbonyl (C=O) groups excluding carboxylic acids is 1. The predicted octanol–water partition coefficient (Wildman–Crippen LogP) is 2.33. The van der Waals surface area contributed by atoms with E-state index in [9.17, 15) is 4.79 Å². The number of piperazine rings is 1. The zero-order chi connectivity index (χ0) is 25.7. The molecule has 3 aromatic heterocycles. The number of pyridine rings is 1. The Balaban J connectivity index is 1.29. The summed E-state index contributed by atoms with van der Waals surface area (Å²) in [4.78, 5) is 22.1. The summed E-state index contributed by atoms with van der Waals surface area (Å²) in [5, 5.41) is 27.1. The Kier molecular flexibility index (Phi) is 5.60. The van der Waals surface area contributed by atoms with Gasteiger partial charge >= 0.3 is 0 Å². The number of rotatable bonds is 4. The summed E-state index contributed by atoms with van der Waals surface area (Å²) >= 11 is 0. The average molecular weight is 500 g/mol. The minimum Gasteiger partial charge on any atom is -0.354 e. The Morgan fingerprint density at radius 2 is 2.05 bits per heavy atom. The number of aromatic amines is 1. The second-order valence-electron chi connectivity index (χ2n) is 9.65. The van der Waals surface area contributed by atoms with Gasteiger partial charge in [-0.1, -0.05) is 5.10 Å². The van der Waals surface area contributed by atoms with E-state index in [1.54, 1.807) is 4.68 Å². The smallest absolute Gasteiger partial charge is 0.255 e. The topological polar surface area (TPSA) is 133 Å². The monoisotopic (exact) mass is 499 g/mol. The normalized spacial score (nSPS) is 19.9. The van der Waals surface area contributed by atoms with Gasteiger partial charge in [-0.25, -0.2) is 9.67 Å². The largest absolute Gasteiger partial charge is 0.354 e. The summed E-state index contributed by atoms with van der Waals surface area (Å²) in [6.07, 6.45) is 1.83. The van der Waals surface area contributed by atoms with E-state index in [1.165, 1.54) is 0 Å². The number of amides is 1. The van der Waals surface area contributed by atoms with E-state index in [0.717, 1.165) is 53.3 Å². The van der Waals surface area contributed by atoms with E-state index >= 15 is 0 Å². The van der Waals surface area contributed by atoms with Gasteiger partial charge in [0.05, 0.1) is 17.1 Å². The van der Waals surface area contributed by atoms with Gasteiger partial charge in [0.1, 0.15) is 11.5 Å². The van der Waals surface area contributed by atoms with Crippen LogP contribution in [0.25, 0.3) is 22.2 Å². The first-order chi connectivity index (χ1) is 17.9. The summed E-state index contributed by atoms with van der Waals surface area (Å²) in [5.41, 5.74) is 4.78. The molecule has 1 saturated heterocycles. The lowest BCUT2D eigenvalue weighted by Gasteiger charge is -2.32. The van der Waals surface area contributed by atoms with Gasteiger partial charge in [0.15, 0.2) is 0 Å². The van der Waals surface area contributed by atoms with Crippen LogP contribution in [-0.4, -0.2) is 74.0 Å². The molecule has 2 aliphatic rings. The lowest BCUT2D eigenvalue weighted by Crippen LogP contribution is -2.49. The summed E-state index contributed by atoms with van der Waals surface area (Å²) in [7, 11) is 1.85. The first kappa shape index (κ1) is 23.1. The van der Waals surface area contributed by atoms with Crippen LogP contribution in [0.15, 0.2) is 47.8 Å². The Hall–Kier alpha value is -4.32. The highest BCUT2D eigenvalue weighted by Crippen LogP contribution is 2.34. The molecule has 2 atom stereocenters. The maximum Gasteiger partial charge on any atom is 0.255 e. The van der Waals surface area contributed by atoms with Gasteiger partial charge in [0, 0.05) is 61.3 Å². The van der Waals surface area contributed by atoms with Crippen LogP contribution in [-0.2, 0) is 4.79 Å². The number of anilines is 3. The predicted molar refractivity (Wildman–Crippen MR) is 141 cm³/mol. The lowest BCUT2D eigenvalue weighted by atomic mass is 10.0. The van der Waals surface area contributed by atoms with Crippen molar-refractivity contribution >= 4 is 34.3 Å². The van der Waals surface area contributed by atoms with Crippen LogP contribution in [0.1, 0.15) is 26.8 Å². The van der Waals surface area contributed by atoms with E-state index in [-0.39, 0.29) is 11.9 Å². The zero-order valence-corrected chi connectivity index (χ0v) is 21.2. The molecule has 3 N–H and O–H groups in total. The Morgan fingerprint density at radius 1 is 1.19 bits per heavy atom. The molecule has 1 fully saturated rings. The van der Waals surface area contributed by atoms with Crippen LogP contribution in [0.3, 0.4) is 0 Å². The van der Waals surface area contributed by atoms with Gasteiger partial charge in [0.25, 0.3) is 5.91 Å². The maximum atomic E-state index is 13.4. The van der Waals surface area contributed by atoms with Crippen LogP contribution in [0, 0.1) is 0 Å². The van der Waals surface area contributed by atoms with Crippen molar-refractivity contribution in [3.8, 4) is 11.3 Å². The Bertz CT molecular complexity index is 1520. The fourth-order valence-corrected chi connectivity index (χ4v) is 5.16. The number of hydrogen-bond acceptors (Lipinski definition) is 9. The van der Waals surface area contributed by atoms with Crippen LogP contribution in [0.5, 0.6) is 0 Å². The molecule has 1 aromatic carbocycles. The molecule has 0 radical (unpaired) electrons. The van der Waals surface area contributed by atoms with Crippen LogP contribution < -0.4 is 20.4 Å². The molecular weight excluding hydrogens is 470 g/mol. The fraction of sp³-hybridized carbons (Fsp3) is 0.360. The molecular formula is C25H29N11O. The number of hydrogen-bond donors (Lipinski definition) is 3. The van der Waals surface area contributed by atoms with Crippen LogP contribution in [0.2, 0.25) is 0 Å². The number of carbonyl (C=O) groups is 1. The number of aromatic nitrogens is 7. The highest BCUT2D eigenvalue weighted by Gasteiger charge is 2.32. The van der Waals surface area contributed by atoms with Gasteiger partial charge in [-0.15, -0.1) is 0 Å². The van der Waals surface area contributed by atoms with Crippen LogP contribution in [0.4, 0.5) is 17.5 Å².